The van der Waals surface area contributed by atoms with Crippen molar-refractivity contribution in [3.8, 4) is 5.75 Å². The van der Waals surface area contributed by atoms with Gasteiger partial charge in [-0.25, -0.2) is 8.42 Å². The number of halogens is 2. The molecular formula is C32H39Cl2N3O5S2. The Morgan fingerprint density at radius 2 is 1.57 bits per heavy atom. The third-order valence-corrected chi connectivity index (χ3v) is 10.4. The molecule has 2 atom stereocenters. The molecule has 0 aliphatic carbocycles. The van der Waals surface area contributed by atoms with Crippen LogP contribution in [0, 0.1) is 0 Å². The predicted octanol–water partition coefficient (Wildman–Crippen LogP) is 7.03. The van der Waals surface area contributed by atoms with Crippen LogP contribution in [-0.2, 0) is 26.2 Å². The van der Waals surface area contributed by atoms with Crippen molar-refractivity contribution in [1.82, 2.24) is 10.2 Å². The Bertz CT molecular complexity index is 1520. The van der Waals surface area contributed by atoms with Crippen LogP contribution in [0.4, 0.5) is 5.69 Å². The molecule has 0 spiro atoms. The van der Waals surface area contributed by atoms with E-state index >= 15 is 0 Å². The van der Waals surface area contributed by atoms with Gasteiger partial charge in [0.05, 0.1) is 17.2 Å². The van der Waals surface area contributed by atoms with Gasteiger partial charge in [0.2, 0.25) is 11.8 Å². The molecule has 3 rings (SSSR count). The Kier molecular flexibility index (Phi) is 13.3. The minimum absolute atomic E-state index is 0.0108. The van der Waals surface area contributed by atoms with E-state index in [2.05, 4.69) is 5.32 Å². The van der Waals surface area contributed by atoms with E-state index in [1.807, 2.05) is 20.1 Å². The molecule has 0 heterocycles. The van der Waals surface area contributed by atoms with Crippen LogP contribution in [0.3, 0.4) is 0 Å². The van der Waals surface area contributed by atoms with E-state index in [-0.39, 0.29) is 42.1 Å². The third-order valence-electron chi connectivity index (χ3n) is 7.14. The Hall–Kier alpha value is -2.92. The topological polar surface area (TPSA) is 96.0 Å². The van der Waals surface area contributed by atoms with Gasteiger partial charge in [-0.05, 0) is 81.5 Å². The number of carbonyl (C=O) groups is 2. The summed E-state index contributed by atoms with van der Waals surface area (Å²) in [7, 11) is -4.27. The van der Waals surface area contributed by atoms with Crippen LogP contribution < -0.4 is 14.4 Å². The van der Waals surface area contributed by atoms with Crippen LogP contribution >= 0.6 is 35.0 Å². The zero-order chi connectivity index (χ0) is 32.4. The number of amides is 2. The lowest BCUT2D eigenvalue weighted by Crippen LogP contribution is -2.53. The smallest absolute Gasteiger partial charge is 0.264 e. The molecule has 0 radical (unpaired) electrons. The van der Waals surface area contributed by atoms with Crippen LogP contribution in [0.1, 0.15) is 46.1 Å². The highest BCUT2D eigenvalue weighted by atomic mass is 35.5. The molecule has 0 bridgehead atoms. The highest BCUT2D eigenvalue weighted by Crippen LogP contribution is 2.34. The van der Waals surface area contributed by atoms with Gasteiger partial charge in [0, 0.05) is 33.1 Å². The van der Waals surface area contributed by atoms with Crippen molar-refractivity contribution in [1.29, 1.82) is 0 Å². The van der Waals surface area contributed by atoms with Gasteiger partial charge in [0.1, 0.15) is 18.3 Å². The van der Waals surface area contributed by atoms with Gasteiger partial charge in [-0.15, -0.1) is 11.8 Å². The standard InChI is InChI=1S/C32H39Cl2N3O5S2/c1-6-22(4)35-32(39)28(7-2)36(20-25-26(33)12-11-13-27(25)34)31(38)21-37(29-14-9-10-15-30(29)42-8-3)44(40,41)24-18-16-23(43-5)17-19-24/h9-19,22,28H,6-8,20-21H2,1-5H3,(H,35,39)/t22-,28+/m1/s1. The highest BCUT2D eigenvalue weighted by Gasteiger charge is 2.35. The number of nitrogens with zero attached hydrogens (tertiary/aromatic N) is 2. The summed E-state index contributed by atoms with van der Waals surface area (Å²) in [5.74, 6) is -0.660. The summed E-state index contributed by atoms with van der Waals surface area (Å²) in [4.78, 5) is 30.1. The first-order valence-electron chi connectivity index (χ1n) is 14.4. The summed E-state index contributed by atoms with van der Waals surface area (Å²) in [5.41, 5.74) is 0.653. The molecule has 0 aliphatic rings. The molecule has 238 valence electrons. The van der Waals surface area contributed by atoms with Crippen LogP contribution in [-0.4, -0.2) is 56.6 Å². The Morgan fingerprint density at radius 1 is 0.932 bits per heavy atom. The zero-order valence-electron chi connectivity index (χ0n) is 25.5. The Labute approximate surface area is 275 Å². The first-order valence-corrected chi connectivity index (χ1v) is 17.8. The zero-order valence-corrected chi connectivity index (χ0v) is 28.7. The van der Waals surface area contributed by atoms with Gasteiger partial charge >= 0.3 is 0 Å². The lowest BCUT2D eigenvalue weighted by molar-refractivity contribution is -0.140. The number of sulfonamides is 1. The summed E-state index contributed by atoms with van der Waals surface area (Å²) < 4.78 is 35.3. The number of nitrogens with one attached hydrogen (secondary N) is 1. The number of benzene rings is 3. The molecule has 3 aromatic carbocycles. The van der Waals surface area contributed by atoms with Crippen molar-refractivity contribution in [2.75, 3.05) is 23.7 Å². The maximum Gasteiger partial charge on any atom is 0.264 e. The maximum absolute atomic E-state index is 14.4. The second-order valence-corrected chi connectivity index (χ2v) is 13.6. The fourth-order valence-electron chi connectivity index (χ4n) is 4.54. The average molecular weight is 681 g/mol. The Morgan fingerprint density at radius 3 is 2.14 bits per heavy atom. The van der Waals surface area contributed by atoms with E-state index in [1.165, 1.54) is 28.8 Å². The van der Waals surface area contributed by atoms with Crippen LogP contribution in [0.2, 0.25) is 10.0 Å². The van der Waals surface area contributed by atoms with Crippen molar-refractivity contribution < 1.29 is 22.7 Å². The number of rotatable bonds is 15. The molecule has 1 N–H and O–H groups in total. The summed E-state index contributed by atoms with van der Waals surface area (Å²) >= 11 is 14.5. The Balaban J connectivity index is 2.15. The minimum Gasteiger partial charge on any atom is -0.492 e. The number of anilines is 1. The molecule has 0 saturated heterocycles. The van der Waals surface area contributed by atoms with Crippen LogP contribution in [0.25, 0.3) is 0 Å². The first-order chi connectivity index (χ1) is 21.0. The number of thioether (sulfide) groups is 1. The van der Waals surface area contributed by atoms with E-state index < -0.39 is 28.5 Å². The van der Waals surface area contributed by atoms with Crippen molar-refractivity contribution in [3.05, 3.63) is 82.3 Å². The molecular weight excluding hydrogens is 641 g/mol. The summed E-state index contributed by atoms with van der Waals surface area (Å²) in [5, 5.41) is 3.61. The molecule has 0 fully saturated rings. The molecule has 12 heteroatoms. The molecule has 0 saturated carbocycles. The largest absolute Gasteiger partial charge is 0.492 e. The number of hydrogen-bond donors (Lipinski definition) is 1. The number of carbonyl (C=O) groups excluding carboxylic acids is 2. The summed E-state index contributed by atoms with van der Waals surface area (Å²) in [6.45, 7) is 6.98. The van der Waals surface area contributed by atoms with Gasteiger partial charge in [0.15, 0.2) is 0 Å². The number of hydrogen-bond acceptors (Lipinski definition) is 6. The SMILES string of the molecule is CCOc1ccccc1N(CC(=O)N(Cc1c(Cl)cccc1Cl)[C@@H](CC)C(=O)N[C@H](C)CC)S(=O)(=O)c1ccc(SC)cc1. The highest BCUT2D eigenvalue weighted by molar-refractivity contribution is 7.98. The molecule has 8 nitrogen and oxygen atoms in total. The molecule has 0 unspecified atom stereocenters. The van der Waals surface area contributed by atoms with E-state index in [0.717, 1.165) is 9.20 Å². The summed E-state index contributed by atoms with van der Waals surface area (Å²) in [6.07, 6.45) is 2.87. The third kappa shape index (κ3) is 8.62. The average Bonchev–Trinajstić information content (AvgIpc) is 3.01. The molecule has 0 aromatic heterocycles. The monoisotopic (exact) mass is 679 g/mol. The van der Waals surface area contributed by atoms with Crippen LogP contribution in [0.15, 0.2) is 76.5 Å². The second kappa shape index (κ2) is 16.4. The van der Waals surface area contributed by atoms with Crippen molar-refractivity contribution in [2.45, 2.75) is 69.0 Å². The van der Waals surface area contributed by atoms with E-state index in [4.69, 9.17) is 27.9 Å². The summed E-state index contributed by atoms with van der Waals surface area (Å²) in [6, 6.07) is 17.0. The van der Waals surface area contributed by atoms with Gasteiger partial charge in [-0.1, -0.05) is 55.2 Å². The lowest BCUT2D eigenvalue weighted by Gasteiger charge is -2.34. The van der Waals surface area contributed by atoms with Gasteiger partial charge < -0.3 is 15.0 Å². The van der Waals surface area contributed by atoms with Gasteiger partial charge in [-0.3, -0.25) is 13.9 Å². The van der Waals surface area contributed by atoms with Gasteiger partial charge in [0.25, 0.3) is 10.0 Å². The van der Waals surface area contributed by atoms with E-state index in [9.17, 15) is 18.0 Å². The predicted molar refractivity (Wildman–Crippen MR) is 179 cm³/mol. The number of ether oxygens (including phenoxy) is 1. The molecule has 0 aliphatic heterocycles. The van der Waals surface area contributed by atoms with Crippen molar-refractivity contribution >= 4 is 62.5 Å². The lowest BCUT2D eigenvalue weighted by atomic mass is 10.1. The fourth-order valence-corrected chi connectivity index (χ4v) is 6.89. The fraction of sp³-hybridized carbons (Fsp3) is 0.375. The molecule has 3 aromatic rings. The van der Waals surface area contributed by atoms with Crippen molar-refractivity contribution in [2.24, 2.45) is 0 Å². The van der Waals surface area contributed by atoms with Gasteiger partial charge in [-0.2, -0.15) is 0 Å². The van der Waals surface area contributed by atoms with Crippen molar-refractivity contribution in [3.63, 3.8) is 0 Å². The van der Waals surface area contributed by atoms with Crippen LogP contribution in [0.5, 0.6) is 5.75 Å². The van der Waals surface area contributed by atoms with E-state index in [1.54, 1.807) is 68.4 Å². The quantitative estimate of drug-likeness (QED) is 0.173. The maximum atomic E-state index is 14.4. The minimum atomic E-state index is -4.27. The number of para-hydroxylation sites is 2. The molecule has 44 heavy (non-hydrogen) atoms. The molecule has 2 amide bonds. The normalized spacial score (nSPS) is 12.7. The second-order valence-electron chi connectivity index (χ2n) is 10.1. The first kappa shape index (κ1) is 35.6. The van der Waals surface area contributed by atoms with E-state index in [0.29, 0.717) is 27.8 Å².